The summed E-state index contributed by atoms with van der Waals surface area (Å²) in [5.74, 6) is 1.33. The Balaban J connectivity index is 2.00. The molecule has 1 aromatic carbocycles. The Hall–Kier alpha value is -0.220. The van der Waals surface area contributed by atoms with Crippen molar-refractivity contribution in [3.05, 3.63) is 28.5 Å². The summed E-state index contributed by atoms with van der Waals surface area (Å²) >= 11 is 7.32. The lowest BCUT2D eigenvalue weighted by atomic mass is 10.1. The average Bonchev–Trinajstić information content (AvgIpc) is 2.41. The average molecular weight is 349 g/mol. The van der Waals surface area contributed by atoms with Crippen molar-refractivity contribution in [1.29, 1.82) is 0 Å². The molecule has 1 nitrogen and oxygen atoms in total. The van der Waals surface area contributed by atoms with Gasteiger partial charge in [0, 0.05) is 6.07 Å². The van der Waals surface area contributed by atoms with Crippen LogP contribution in [0.4, 0.5) is 4.39 Å². The predicted octanol–water partition coefficient (Wildman–Crippen LogP) is 5.63. The molecule has 0 heterocycles. The molecule has 1 rings (SSSR count). The highest BCUT2D eigenvalue weighted by Crippen LogP contribution is 2.21. The van der Waals surface area contributed by atoms with E-state index in [0.29, 0.717) is 16.8 Å². The first-order valence-electron chi connectivity index (χ1n) is 6.93. The van der Waals surface area contributed by atoms with Crippen LogP contribution in [0.25, 0.3) is 0 Å². The maximum absolute atomic E-state index is 13.2. The van der Waals surface area contributed by atoms with Crippen molar-refractivity contribution in [2.45, 2.75) is 44.9 Å². The van der Waals surface area contributed by atoms with Gasteiger partial charge in [-0.3, -0.25) is 0 Å². The van der Waals surface area contributed by atoms with Crippen LogP contribution in [0, 0.1) is 5.82 Å². The SMILES string of the molecule is Fc1cc(OCCCCCCCCCS)ccc1Br. The number of hydrogen-bond donors (Lipinski definition) is 1. The Bertz CT molecular complexity index is 360. The molecule has 0 saturated heterocycles. The molecule has 0 unspecified atom stereocenters. The number of halogens is 2. The lowest BCUT2D eigenvalue weighted by Gasteiger charge is -2.06. The van der Waals surface area contributed by atoms with E-state index in [4.69, 9.17) is 4.74 Å². The van der Waals surface area contributed by atoms with Gasteiger partial charge in [0.05, 0.1) is 11.1 Å². The number of unbranched alkanes of at least 4 members (excludes halogenated alkanes) is 6. The van der Waals surface area contributed by atoms with Crippen molar-refractivity contribution in [2.75, 3.05) is 12.4 Å². The van der Waals surface area contributed by atoms with Crippen LogP contribution in [0.5, 0.6) is 5.75 Å². The normalized spacial score (nSPS) is 10.7. The van der Waals surface area contributed by atoms with E-state index in [9.17, 15) is 4.39 Å². The molecule has 4 heteroatoms. The summed E-state index contributed by atoms with van der Waals surface area (Å²) in [5, 5.41) is 0. The van der Waals surface area contributed by atoms with Gasteiger partial charge in [0.1, 0.15) is 11.6 Å². The van der Waals surface area contributed by atoms with E-state index < -0.39 is 0 Å². The molecule has 0 atom stereocenters. The molecular weight excluding hydrogens is 327 g/mol. The van der Waals surface area contributed by atoms with Gasteiger partial charge >= 0.3 is 0 Å². The predicted molar refractivity (Wildman–Crippen MR) is 85.8 cm³/mol. The molecule has 0 bridgehead atoms. The van der Waals surface area contributed by atoms with Crippen LogP contribution in [0.15, 0.2) is 22.7 Å². The fourth-order valence-electron chi connectivity index (χ4n) is 1.85. The number of benzene rings is 1. The Morgan fingerprint density at radius 3 is 2.26 bits per heavy atom. The molecule has 0 aliphatic carbocycles. The smallest absolute Gasteiger partial charge is 0.141 e. The van der Waals surface area contributed by atoms with Gasteiger partial charge in [0.15, 0.2) is 0 Å². The highest BCUT2D eigenvalue weighted by Gasteiger charge is 2.01. The molecule has 1 aromatic rings. The van der Waals surface area contributed by atoms with Crippen LogP contribution < -0.4 is 4.74 Å². The minimum Gasteiger partial charge on any atom is -0.493 e. The van der Waals surface area contributed by atoms with E-state index in [1.54, 1.807) is 12.1 Å². The third-order valence-corrected chi connectivity index (χ3v) is 3.92. The highest BCUT2D eigenvalue weighted by atomic mass is 79.9. The second-order valence-electron chi connectivity index (χ2n) is 4.62. The number of thiol groups is 1. The summed E-state index contributed by atoms with van der Waals surface area (Å²) in [6.45, 7) is 0.664. The van der Waals surface area contributed by atoms with Crippen molar-refractivity contribution in [3.63, 3.8) is 0 Å². The molecule has 0 amide bonds. The number of rotatable bonds is 10. The van der Waals surface area contributed by atoms with Crippen molar-refractivity contribution in [3.8, 4) is 5.75 Å². The summed E-state index contributed by atoms with van der Waals surface area (Å²) in [4.78, 5) is 0. The minimum atomic E-state index is -0.276. The summed E-state index contributed by atoms with van der Waals surface area (Å²) in [6.07, 6.45) is 8.58. The molecule has 0 saturated carbocycles. The Kier molecular flexibility index (Phi) is 9.35. The molecule has 0 fully saturated rings. The lowest BCUT2D eigenvalue weighted by molar-refractivity contribution is 0.302. The third-order valence-electron chi connectivity index (χ3n) is 2.96. The quantitative estimate of drug-likeness (QED) is 0.426. The zero-order valence-electron chi connectivity index (χ0n) is 11.2. The van der Waals surface area contributed by atoms with E-state index in [2.05, 4.69) is 28.6 Å². The van der Waals surface area contributed by atoms with Gasteiger partial charge in [-0.05, 0) is 46.7 Å². The van der Waals surface area contributed by atoms with Gasteiger partial charge in [-0.25, -0.2) is 4.39 Å². The lowest BCUT2D eigenvalue weighted by Crippen LogP contribution is -1.97. The monoisotopic (exact) mass is 348 g/mol. The van der Waals surface area contributed by atoms with E-state index in [-0.39, 0.29) is 5.82 Å². The van der Waals surface area contributed by atoms with E-state index in [0.717, 1.165) is 12.2 Å². The summed E-state index contributed by atoms with van der Waals surface area (Å²) < 4.78 is 19.2. The van der Waals surface area contributed by atoms with Crippen LogP contribution in [-0.4, -0.2) is 12.4 Å². The van der Waals surface area contributed by atoms with Crippen molar-refractivity contribution in [1.82, 2.24) is 0 Å². The molecule has 0 aliphatic heterocycles. The molecule has 0 N–H and O–H groups in total. The minimum absolute atomic E-state index is 0.276. The molecular formula is C15H22BrFOS. The van der Waals surface area contributed by atoms with E-state index in [1.165, 1.54) is 44.6 Å². The fourth-order valence-corrected chi connectivity index (χ4v) is 2.32. The molecule has 0 spiro atoms. The highest BCUT2D eigenvalue weighted by molar-refractivity contribution is 9.10. The molecule has 0 radical (unpaired) electrons. The first-order valence-corrected chi connectivity index (χ1v) is 8.35. The topological polar surface area (TPSA) is 9.23 Å². The molecule has 0 aliphatic rings. The maximum atomic E-state index is 13.2. The van der Waals surface area contributed by atoms with Crippen LogP contribution in [-0.2, 0) is 0 Å². The van der Waals surface area contributed by atoms with Gasteiger partial charge in [-0.15, -0.1) is 0 Å². The van der Waals surface area contributed by atoms with Crippen LogP contribution in [0.1, 0.15) is 44.9 Å². The second kappa shape index (κ2) is 10.6. The first-order chi connectivity index (χ1) is 9.24. The maximum Gasteiger partial charge on any atom is 0.141 e. The molecule has 108 valence electrons. The van der Waals surface area contributed by atoms with Crippen LogP contribution in [0.3, 0.4) is 0 Å². The summed E-state index contributed by atoms with van der Waals surface area (Å²) in [6, 6.07) is 4.87. The standard InChI is InChI=1S/C15H22BrFOS/c16-14-9-8-13(12-15(14)17)18-10-6-4-2-1-3-5-7-11-19/h8-9,12,19H,1-7,10-11H2. The van der Waals surface area contributed by atoms with Crippen molar-refractivity contribution in [2.24, 2.45) is 0 Å². The Morgan fingerprint density at radius 1 is 1.00 bits per heavy atom. The first kappa shape index (κ1) is 16.8. The van der Waals surface area contributed by atoms with Gasteiger partial charge in [-0.2, -0.15) is 12.6 Å². The van der Waals surface area contributed by atoms with Crippen molar-refractivity contribution >= 4 is 28.6 Å². The fraction of sp³-hybridized carbons (Fsp3) is 0.600. The summed E-state index contributed by atoms with van der Waals surface area (Å²) in [5.41, 5.74) is 0. The molecule has 19 heavy (non-hydrogen) atoms. The zero-order chi connectivity index (χ0) is 13.9. The summed E-state index contributed by atoms with van der Waals surface area (Å²) in [7, 11) is 0. The van der Waals surface area contributed by atoms with Gasteiger partial charge in [0.25, 0.3) is 0 Å². The van der Waals surface area contributed by atoms with Crippen molar-refractivity contribution < 1.29 is 9.13 Å². The largest absolute Gasteiger partial charge is 0.493 e. The van der Waals surface area contributed by atoms with E-state index in [1.807, 2.05) is 0 Å². The van der Waals surface area contributed by atoms with Crippen LogP contribution >= 0.6 is 28.6 Å². The third kappa shape index (κ3) is 7.83. The molecule has 0 aromatic heterocycles. The number of hydrogen-bond acceptors (Lipinski definition) is 2. The van der Waals surface area contributed by atoms with Gasteiger partial charge in [-0.1, -0.05) is 32.1 Å². The second-order valence-corrected chi connectivity index (χ2v) is 5.92. The van der Waals surface area contributed by atoms with E-state index >= 15 is 0 Å². The van der Waals surface area contributed by atoms with Gasteiger partial charge in [0.2, 0.25) is 0 Å². The van der Waals surface area contributed by atoms with Crippen LogP contribution in [0.2, 0.25) is 0 Å². The zero-order valence-corrected chi connectivity index (χ0v) is 13.7. The Labute approximate surface area is 129 Å². The van der Waals surface area contributed by atoms with Gasteiger partial charge < -0.3 is 4.74 Å². The number of ether oxygens (including phenoxy) is 1. The Morgan fingerprint density at radius 2 is 1.63 bits per heavy atom.